The molecule has 2 aromatic heterocycles. The lowest BCUT2D eigenvalue weighted by molar-refractivity contribution is -0.139. The van der Waals surface area contributed by atoms with E-state index in [0.717, 1.165) is 6.42 Å². The fraction of sp³-hybridized carbons (Fsp3) is 0.542. The van der Waals surface area contributed by atoms with Crippen molar-refractivity contribution in [2.24, 2.45) is 0 Å². The van der Waals surface area contributed by atoms with Crippen LogP contribution in [0.25, 0.3) is 21.7 Å². The molecule has 6 rings (SSSR count). The number of fused-ring (bicyclic) bond motifs is 3. The molecule has 3 saturated heterocycles. The van der Waals surface area contributed by atoms with Crippen molar-refractivity contribution in [3.8, 4) is 10.6 Å². The number of aromatic nitrogens is 2. The Morgan fingerprint density at radius 1 is 1.19 bits per heavy atom. The summed E-state index contributed by atoms with van der Waals surface area (Å²) < 4.78 is 54.4. The Labute approximate surface area is 209 Å². The highest BCUT2D eigenvalue weighted by Crippen LogP contribution is 2.46. The molecular formula is C24H27F3N4O4S. The lowest BCUT2D eigenvalue weighted by Crippen LogP contribution is -2.70. The molecule has 3 aromatic rings. The average molecular weight is 525 g/mol. The van der Waals surface area contributed by atoms with Crippen LogP contribution < -0.4 is 4.90 Å². The summed E-state index contributed by atoms with van der Waals surface area (Å²) >= 11 is 1.25. The number of nitrogens with zero attached hydrogens (tertiary/aromatic N) is 4. The van der Waals surface area contributed by atoms with Gasteiger partial charge in [-0.1, -0.05) is 0 Å². The number of halogens is 3. The molecule has 0 radical (unpaired) electrons. The third-order valence-corrected chi connectivity index (χ3v) is 7.14. The summed E-state index contributed by atoms with van der Waals surface area (Å²) in [6.45, 7) is 8.71. The highest BCUT2D eigenvalue weighted by atomic mass is 32.1. The van der Waals surface area contributed by atoms with Gasteiger partial charge < -0.3 is 19.2 Å². The minimum Gasteiger partial charge on any atom is -0.444 e. The number of piperidine rings is 1. The van der Waals surface area contributed by atoms with Crippen molar-refractivity contribution in [1.82, 2.24) is 14.9 Å². The largest absolute Gasteiger partial charge is 0.444 e. The van der Waals surface area contributed by atoms with Crippen molar-refractivity contribution in [3.05, 3.63) is 28.8 Å². The normalized spacial score (nSPS) is 20.6. The van der Waals surface area contributed by atoms with E-state index in [-0.39, 0.29) is 34.8 Å². The van der Waals surface area contributed by atoms with Gasteiger partial charge in [0.2, 0.25) is 0 Å². The van der Waals surface area contributed by atoms with Gasteiger partial charge in [-0.15, -0.1) is 11.3 Å². The standard InChI is InChI=1S/C24H27F3N4O4S/c1-22(2,3)35-21(32)31-12-8-13(31)11-30(10-12)20-29-17-16(24(25,26)27)15(23(4,5)33)9-14(18(17)34-20)19-28-6-7-36-19/h6-7,9,12-13,33H,8,10-11H2,1-5H3. The van der Waals surface area contributed by atoms with E-state index in [2.05, 4.69) is 9.97 Å². The van der Waals surface area contributed by atoms with Crippen molar-refractivity contribution in [2.75, 3.05) is 18.0 Å². The van der Waals surface area contributed by atoms with Crippen LogP contribution in [0, 0.1) is 0 Å². The number of carbonyl (C=O) groups is 1. The smallest absolute Gasteiger partial charge is 0.419 e. The zero-order valence-electron chi connectivity index (χ0n) is 20.5. The van der Waals surface area contributed by atoms with E-state index in [1.165, 1.54) is 31.3 Å². The molecule has 0 spiro atoms. The maximum absolute atomic E-state index is 14.3. The van der Waals surface area contributed by atoms with Gasteiger partial charge in [-0.3, -0.25) is 4.90 Å². The van der Waals surface area contributed by atoms with Crippen LogP contribution in [0.4, 0.5) is 24.0 Å². The number of amides is 1. The quantitative estimate of drug-likeness (QED) is 0.491. The number of carbonyl (C=O) groups excluding carboxylic acids is 1. The summed E-state index contributed by atoms with van der Waals surface area (Å²) in [6.07, 6.45) is -2.85. The number of hydrogen-bond donors (Lipinski definition) is 1. The number of oxazole rings is 1. The molecule has 1 aromatic carbocycles. The minimum absolute atomic E-state index is 0.0384. The van der Waals surface area contributed by atoms with Crippen molar-refractivity contribution < 1.29 is 32.2 Å². The number of ether oxygens (including phenoxy) is 1. The number of aliphatic hydroxyl groups is 1. The maximum atomic E-state index is 14.3. The molecule has 36 heavy (non-hydrogen) atoms. The monoisotopic (exact) mass is 524 g/mol. The van der Waals surface area contributed by atoms with Crippen molar-refractivity contribution in [2.45, 2.75) is 70.5 Å². The second-order valence-corrected chi connectivity index (χ2v) is 11.6. The molecule has 3 aliphatic heterocycles. The van der Waals surface area contributed by atoms with E-state index in [4.69, 9.17) is 9.15 Å². The summed E-state index contributed by atoms with van der Waals surface area (Å²) in [4.78, 5) is 24.6. The first-order chi connectivity index (χ1) is 16.6. The van der Waals surface area contributed by atoms with Gasteiger partial charge in [-0.2, -0.15) is 18.2 Å². The van der Waals surface area contributed by atoms with E-state index < -0.39 is 29.0 Å². The van der Waals surface area contributed by atoms with Gasteiger partial charge in [0, 0.05) is 24.7 Å². The van der Waals surface area contributed by atoms with Crippen LogP contribution in [0.1, 0.15) is 52.2 Å². The molecule has 2 atom stereocenters. The molecule has 1 amide bonds. The Kier molecular flexibility index (Phi) is 5.56. The van der Waals surface area contributed by atoms with E-state index >= 15 is 0 Å². The molecular weight excluding hydrogens is 497 g/mol. The van der Waals surface area contributed by atoms with Crippen molar-refractivity contribution in [1.29, 1.82) is 0 Å². The molecule has 0 aliphatic carbocycles. The highest BCUT2D eigenvalue weighted by molar-refractivity contribution is 7.13. The first-order valence-corrected chi connectivity index (χ1v) is 12.4. The van der Waals surface area contributed by atoms with E-state index in [9.17, 15) is 23.1 Å². The summed E-state index contributed by atoms with van der Waals surface area (Å²) in [6, 6.07) is 1.03. The molecule has 3 aliphatic rings. The summed E-state index contributed by atoms with van der Waals surface area (Å²) in [7, 11) is 0. The van der Waals surface area contributed by atoms with Crippen LogP contribution in [0.15, 0.2) is 22.1 Å². The third kappa shape index (κ3) is 4.30. The second kappa shape index (κ2) is 8.07. The van der Waals surface area contributed by atoms with Crippen LogP contribution in [0.3, 0.4) is 0 Å². The van der Waals surface area contributed by atoms with Gasteiger partial charge in [0.05, 0.1) is 28.8 Å². The summed E-state index contributed by atoms with van der Waals surface area (Å²) in [5, 5.41) is 12.8. The van der Waals surface area contributed by atoms with Gasteiger partial charge in [0.25, 0.3) is 6.01 Å². The molecule has 0 saturated carbocycles. The van der Waals surface area contributed by atoms with Gasteiger partial charge >= 0.3 is 12.3 Å². The van der Waals surface area contributed by atoms with E-state index in [1.54, 1.807) is 42.1 Å². The fourth-order valence-electron chi connectivity index (χ4n) is 4.87. The lowest BCUT2D eigenvalue weighted by Gasteiger charge is -2.55. The van der Waals surface area contributed by atoms with Crippen LogP contribution >= 0.6 is 11.3 Å². The Balaban J connectivity index is 1.56. The van der Waals surface area contributed by atoms with E-state index in [0.29, 0.717) is 23.7 Å². The first-order valence-electron chi connectivity index (χ1n) is 11.6. The predicted octanol–water partition coefficient (Wildman–Crippen LogP) is 5.40. The average Bonchev–Trinajstić information content (AvgIpc) is 3.40. The summed E-state index contributed by atoms with van der Waals surface area (Å²) in [5.74, 6) is 0. The van der Waals surface area contributed by atoms with Gasteiger partial charge in [-0.05, 0) is 52.7 Å². The SMILES string of the molecule is CC(C)(C)OC(=O)N1C2CC1CN(c1nc3c(C(F)(F)F)c(C(C)(C)O)cc(-c4nccs4)c3o1)C2. The Bertz CT molecular complexity index is 1300. The van der Waals surface area contributed by atoms with Crippen LogP contribution in [0.2, 0.25) is 0 Å². The van der Waals surface area contributed by atoms with Gasteiger partial charge in [-0.25, -0.2) is 9.78 Å². The molecule has 8 nitrogen and oxygen atoms in total. The molecule has 12 heteroatoms. The Morgan fingerprint density at radius 3 is 2.39 bits per heavy atom. The summed E-state index contributed by atoms with van der Waals surface area (Å²) in [5.41, 5.74) is -3.82. The van der Waals surface area contributed by atoms with Crippen LogP contribution in [-0.2, 0) is 16.5 Å². The topological polar surface area (TPSA) is 91.9 Å². The van der Waals surface area contributed by atoms with Crippen LogP contribution in [0.5, 0.6) is 0 Å². The number of anilines is 1. The number of hydrogen-bond acceptors (Lipinski definition) is 8. The first kappa shape index (κ1) is 24.8. The Hall–Kier alpha value is -2.86. The second-order valence-electron chi connectivity index (χ2n) is 10.8. The maximum Gasteiger partial charge on any atom is 0.419 e. The number of rotatable bonds is 3. The molecule has 2 unspecified atom stereocenters. The lowest BCUT2D eigenvalue weighted by atomic mass is 9.88. The Morgan fingerprint density at radius 2 is 1.86 bits per heavy atom. The predicted molar refractivity (Wildman–Crippen MR) is 128 cm³/mol. The number of alkyl halides is 3. The number of thiazole rings is 1. The third-order valence-electron chi connectivity index (χ3n) is 6.33. The fourth-order valence-corrected chi connectivity index (χ4v) is 5.52. The number of piperazine rings is 1. The van der Waals surface area contributed by atoms with Gasteiger partial charge in [0.1, 0.15) is 16.1 Å². The van der Waals surface area contributed by atoms with E-state index in [1.807, 2.05) is 0 Å². The highest BCUT2D eigenvalue weighted by Gasteiger charge is 2.50. The molecule has 3 fully saturated rings. The molecule has 194 valence electrons. The number of benzene rings is 1. The molecule has 2 bridgehead atoms. The zero-order valence-corrected chi connectivity index (χ0v) is 21.3. The minimum atomic E-state index is -4.78. The van der Waals surface area contributed by atoms with Crippen LogP contribution in [-0.4, -0.2) is 56.8 Å². The molecule has 5 heterocycles. The zero-order chi connectivity index (χ0) is 26.2. The van der Waals surface area contributed by atoms with Crippen molar-refractivity contribution in [3.63, 3.8) is 0 Å². The molecule has 1 N–H and O–H groups in total. The van der Waals surface area contributed by atoms with Gasteiger partial charge in [0.15, 0.2) is 5.58 Å². The van der Waals surface area contributed by atoms with Crippen molar-refractivity contribution >= 4 is 34.5 Å².